The summed E-state index contributed by atoms with van der Waals surface area (Å²) >= 11 is 3.18. The standard InChI is InChI=1S/C17H12BrFN2O/c18-13-6-7-14(15(19)10-13)16(22)17-20-8-9-21(17)11-12-4-2-1-3-5-12/h1-10H,11H2. The van der Waals surface area contributed by atoms with E-state index in [9.17, 15) is 9.18 Å². The molecule has 0 saturated carbocycles. The molecular formula is C17H12BrFN2O. The second kappa shape index (κ2) is 6.23. The molecule has 0 atom stereocenters. The molecule has 0 aliphatic rings. The molecule has 1 heterocycles. The molecule has 0 N–H and O–H groups in total. The van der Waals surface area contributed by atoms with Gasteiger partial charge in [0.1, 0.15) is 5.82 Å². The van der Waals surface area contributed by atoms with Crippen LogP contribution in [0.25, 0.3) is 0 Å². The lowest BCUT2D eigenvalue weighted by Crippen LogP contribution is -2.13. The molecule has 110 valence electrons. The number of hydrogen-bond acceptors (Lipinski definition) is 2. The smallest absolute Gasteiger partial charge is 0.231 e. The first-order valence-corrected chi connectivity index (χ1v) is 7.49. The quantitative estimate of drug-likeness (QED) is 0.659. The van der Waals surface area contributed by atoms with E-state index in [1.54, 1.807) is 23.0 Å². The molecule has 3 rings (SSSR count). The van der Waals surface area contributed by atoms with E-state index in [0.717, 1.165) is 5.56 Å². The van der Waals surface area contributed by atoms with Gasteiger partial charge in [0.25, 0.3) is 0 Å². The Balaban J connectivity index is 1.92. The first kappa shape index (κ1) is 14.7. The van der Waals surface area contributed by atoms with Crippen molar-refractivity contribution in [2.75, 3.05) is 0 Å². The van der Waals surface area contributed by atoms with E-state index in [4.69, 9.17) is 0 Å². The van der Waals surface area contributed by atoms with Crippen molar-refractivity contribution in [2.24, 2.45) is 0 Å². The van der Waals surface area contributed by atoms with Gasteiger partial charge in [0.05, 0.1) is 5.56 Å². The van der Waals surface area contributed by atoms with E-state index in [0.29, 0.717) is 11.0 Å². The lowest BCUT2D eigenvalue weighted by atomic mass is 10.1. The molecular weight excluding hydrogens is 347 g/mol. The van der Waals surface area contributed by atoms with Gasteiger partial charge in [-0.2, -0.15) is 0 Å². The van der Waals surface area contributed by atoms with Gasteiger partial charge in [-0.15, -0.1) is 0 Å². The van der Waals surface area contributed by atoms with Crippen LogP contribution in [-0.2, 0) is 6.54 Å². The summed E-state index contributed by atoms with van der Waals surface area (Å²) in [6, 6.07) is 14.1. The molecule has 0 saturated heterocycles. The number of halogens is 2. The van der Waals surface area contributed by atoms with E-state index in [2.05, 4.69) is 20.9 Å². The van der Waals surface area contributed by atoms with Gasteiger partial charge in [-0.3, -0.25) is 4.79 Å². The molecule has 22 heavy (non-hydrogen) atoms. The van der Waals surface area contributed by atoms with Crippen LogP contribution < -0.4 is 0 Å². The lowest BCUT2D eigenvalue weighted by molar-refractivity contribution is 0.102. The third kappa shape index (κ3) is 2.99. The van der Waals surface area contributed by atoms with Crippen molar-refractivity contribution in [2.45, 2.75) is 6.54 Å². The van der Waals surface area contributed by atoms with Crippen LogP contribution in [0.4, 0.5) is 4.39 Å². The van der Waals surface area contributed by atoms with Crippen molar-refractivity contribution in [3.05, 3.63) is 88.2 Å². The zero-order valence-corrected chi connectivity index (χ0v) is 13.1. The largest absolute Gasteiger partial charge is 0.324 e. The number of ketones is 1. The van der Waals surface area contributed by atoms with Gasteiger partial charge >= 0.3 is 0 Å². The molecule has 0 bridgehead atoms. The number of benzene rings is 2. The van der Waals surface area contributed by atoms with Crippen LogP contribution >= 0.6 is 15.9 Å². The van der Waals surface area contributed by atoms with Crippen LogP contribution in [0.2, 0.25) is 0 Å². The number of nitrogens with zero attached hydrogens (tertiary/aromatic N) is 2. The zero-order chi connectivity index (χ0) is 15.5. The SMILES string of the molecule is O=C(c1ccc(Br)cc1F)c1nccn1Cc1ccccc1. The molecule has 0 radical (unpaired) electrons. The van der Waals surface area contributed by atoms with E-state index >= 15 is 0 Å². The van der Waals surface area contributed by atoms with E-state index in [1.165, 1.54) is 12.1 Å². The number of imidazole rings is 1. The molecule has 2 aromatic carbocycles. The number of aromatic nitrogens is 2. The Morgan fingerprint density at radius 3 is 2.68 bits per heavy atom. The first-order chi connectivity index (χ1) is 10.6. The summed E-state index contributed by atoms with van der Waals surface area (Å²) in [6.45, 7) is 0.514. The maximum Gasteiger partial charge on any atom is 0.231 e. The maximum absolute atomic E-state index is 14.0. The molecule has 5 heteroatoms. The van der Waals surface area contributed by atoms with E-state index in [1.807, 2.05) is 30.3 Å². The summed E-state index contributed by atoms with van der Waals surface area (Å²) < 4.78 is 16.3. The molecule has 3 aromatic rings. The predicted octanol–water partition coefficient (Wildman–Crippen LogP) is 4.06. The Kier molecular flexibility index (Phi) is 4.15. The van der Waals surface area contributed by atoms with Crippen LogP contribution in [0.15, 0.2) is 65.4 Å². The van der Waals surface area contributed by atoms with E-state index in [-0.39, 0.29) is 11.4 Å². The maximum atomic E-state index is 14.0. The van der Waals surface area contributed by atoms with Crippen molar-refractivity contribution in [1.29, 1.82) is 0 Å². The molecule has 0 aliphatic carbocycles. The number of rotatable bonds is 4. The first-order valence-electron chi connectivity index (χ1n) is 6.70. The highest BCUT2D eigenvalue weighted by Crippen LogP contribution is 2.18. The van der Waals surface area contributed by atoms with Gasteiger partial charge in [-0.25, -0.2) is 9.37 Å². The van der Waals surface area contributed by atoms with Crippen LogP contribution in [0.5, 0.6) is 0 Å². The average Bonchev–Trinajstić information content (AvgIpc) is 2.96. The molecule has 1 aromatic heterocycles. The summed E-state index contributed by atoms with van der Waals surface area (Å²) in [4.78, 5) is 16.6. The highest BCUT2D eigenvalue weighted by atomic mass is 79.9. The van der Waals surface area contributed by atoms with Crippen LogP contribution in [0.1, 0.15) is 21.7 Å². The highest BCUT2D eigenvalue weighted by Gasteiger charge is 2.19. The van der Waals surface area contributed by atoms with E-state index < -0.39 is 11.6 Å². The number of carbonyl (C=O) groups excluding carboxylic acids is 1. The second-order valence-electron chi connectivity index (χ2n) is 4.82. The number of hydrogen-bond donors (Lipinski definition) is 0. The van der Waals surface area contributed by atoms with Crippen molar-refractivity contribution in [3.63, 3.8) is 0 Å². The normalized spacial score (nSPS) is 10.6. The third-order valence-electron chi connectivity index (χ3n) is 3.29. The van der Waals surface area contributed by atoms with Gasteiger partial charge in [0, 0.05) is 23.4 Å². The minimum absolute atomic E-state index is 0.0173. The van der Waals surface area contributed by atoms with Gasteiger partial charge in [-0.05, 0) is 23.8 Å². The predicted molar refractivity (Wildman–Crippen MR) is 85.3 cm³/mol. The Morgan fingerprint density at radius 1 is 1.18 bits per heavy atom. The second-order valence-corrected chi connectivity index (χ2v) is 5.73. The fraction of sp³-hybridized carbons (Fsp3) is 0.0588. The molecule has 0 amide bonds. The fourth-order valence-electron chi connectivity index (χ4n) is 2.22. The van der Waals surface area contributed by atoms with Gasteiger partial charge in [0.2, 0.25) is 5.78 Å². The minimum Gasteiger partial charge on any atom is -0.324 e. The summed E-state index contributed by atoms with van der Waals surface area (Å²) in [5.41, 5.74) is 1.06. The van der Waals surface area contributed by atoms with Crippen LogP contribution in [0.3, 0.4) is 0 Å². The monoisotopic (exact) mass is 358 g/mol. The third-order valence-corrected chi connectivity index (χ3v) is 3.78. The van der Waals surface area contributed by atoms with Crippen LogP contribution in [0, 0.1) is 5.82 Å². The fourth-order valence-corrected chi connectivity index (χ4v) is 2.55. The minimum atomic E-state index is -0.561. The molecule has 0 spiro atoms. The van der Waals surface area contributed by atoms with Gasteiger partial charge in [0.15, 0.2) is 5.82 Å². The summed E-state index contributed by atoms with van der Waals surface area (Å²) in [6.07, 6.45) is 3.27. The van der Waals surface area contributed by atoms with Crippen molar-refractivity contribution < 1.29 is 9.18 Å². The average molecular weight is 359 g/mol. The van der Waals surface area contributed by atoms with Crippen LogP contribution in [-0.4, -0.2) is 15.3 Å². The summed E-state index contributed by atoms with van der Waals surface area (Å²) in [5.74, 6) is -0.760. The van der Waals surface area contributed by atoms with Crippen molar-refractivity contribution in [3.8, 4) is 0 Å². The Hall–Kier alpha value is -2.27. The zero-order valence-electron chi connectivity index (χ0n) is 11.5. The van der Waals surface area contributed by atoms with Gasteiger partial charge in [-0.1, -0.05) is 46.3 Å². The molecule has 3 nitrogen and oxygen atoms in total. The Morgan fingerprint density at radius 2 is 1.95 bits per heavy atom. The summed E-state index contributed by atoms with van der Waals surface area (Å²) in [5, 5.41) is 0. The van der Waals surface area contributed by atoms with Crippen molar-refractivity contribution >= 4 is 21.7 Å². The molecule has 0 unspecified atom stereocenters. The summed E-state index contributed by atoms with van der Waals surface area (Å²) in [7, 11) is 0. The number of carbonyl (C=O) groups is 1. The Labute approximate surface area is 135 Å². The van der Waals surface area contributed by atoms with Gasteiger partial charge < -0.3 is 4.57 Å². The van der Waals surface area contributed by atoms with Crippen molar-refractivity contribution in [1.82, 2.24) is 9.55 Å². The highest BCUT2D eigenvalue weighted by molar-refractivity contribution is 9.10. The molecule has 0 fully saturated rings. The Bertz CT molecular complexity index is 815. The topological polar surface area (TPSA) is 34.9 Å². The lowest BCUT2D eigenvalue weighted by Gasteiger charge is -2.08. The molecule has 0 aliphatic heterocycles.